The van der Waals surface area contributed by atoms with Gasteiger partial charge in [0.25, 0.3) is 0 Å². The van der Waals surface area contributed by atoms with E-state index in [0.29, 0.717) is 8.96 Å². The van der Waals surface area contributed by atoms with Crippen LogP contribution in [0.4, 0.5) is 0 Å². The Morgan fingerprint density at radius 2 is 2.08 bits per heavy atom. The molecule has 1 rings (SSSR count). The van der Waals surface area contributed by atoms with Crippen molar-refractivity contribution < 1.29 is 0 Å². The lowest BCUT2D eigenvalue weighted by Gasteiger charge is -2.00. The Bertz CT molecular complexity index is 384. The molecule has 0 aliphatic heterocycles. The van der Waals surface area contributed by atoms with Crippen molar-refractivity contribution in [1.82, 2.24) is 0 Å². The van der Waals surface area contributed by atoms with Gasteiger partial charge in [0.05, 0.1) is 8.96 Å². The monoisotopic (exact) mass is 299 g/mol. The van der Waals surface area contributed by atoms with E-state index in [1.54, 1.807) is 0 Å². The Labute approximate surface area is 94.3 Å². The zero-order valence-corrected chi connectivity index (χ0v) is 10.2. The van der Waals surface area contributed by atoms with Crippen LogP contribution in [0.25, 0.3) is 5.57 Å². The second-order valence-corrected chi connectivity index (χ2v) is 5.27. The smallest absolute Gasteiger partial charge is 0.102 e. The molecule has 0 fully saturated rings. The highest BCUT2D eigenvalue weighted by Crippen LogP contribution is 2.26. The molecular weight excluding hydrogens is 294 g/mol. The molecule has 0 N–H and O–H groups in total. The Morgan fingerprint density at radius 1 is 1.38 bits per heavy atom. The third kappa shape index (κ3) is 2.68. The zero-order chi connectivity index (χ0) is 9.84. The molecule has 1 nitrogen and oxygen atoms in total. The molecule has 0 aliphatic carbocycles. The van der Waals surface area contributed by atoms with Gasteiger partial charge in [-0.2, -0.15) is 5.26 Å². The maximum Gasteiger partial charge on any atom is 0.102 e. The molecule has 1 aromatic rings. The summed E-state index contributed by atoms with van der Waals surface area (Å²) in [5, 5.41) is 8.87. The van der Waals surface area contributed by atoms with Crippen molar-refractivity contribution >= 4 is 37.4 Å². The Kier molecular flexibility index (Phi) is 3.71. The lowest BCUT2D eigenvalue weighted by molar-refractivity contribution is 1.44. The summed E-state index contributed by atoms with van der Waals surface area (Å²) in [6.07, 6.45) is 0. The minimum absolute atomic E-state index is 0.615. The molecule has 0 aromatic heterocycles. The van der Waals surface area contributed by atoms with Crippen LogP contribution in [-0.4, -0.2) is 0 Å². The van der Waals surface area contributed by atoms with Gasteiger partial charge in [0, 0.05) is 0 Å². The summed E-state index contributed by atoms with van der Waals surface area (Å²) < 4.78 is 0.688. The molecule has 0 radical (unpaired) electrons. The Hall–Kier alpha value is -0.590. The van der Waals surface area contributed by atoms with Gasteiger partial charge in [-0.3, -0.25) is 0 Å². The van der Waals surface area contributed by atoms with Crippen molar-refractivity contribution in [2.24, 2.45) is 0 Å². The highest BCUT2D eigenvalue weighted by atomic mass is 79.9. The Morgan fingerprint density at radius 3 is 2.54 bits per heavy atom. The van der Waals surface area contributed by atoms with Crippen molar-refractivity contribution in [3.8, 4) is 6.07 Å². The number of hydrogen-bond acceptors (Lipinski definition) is 1. The van der Waals surface area contributed by atoms with E-state index >= 15 is 0 Å². The van der Waals surface area contributed by atoms with Crippen molar-refractivity contribution in [2.75, 3.05) is 0 Å². The summed E-state index contributed by atoms with van der Waals surface area (Å²) in [6.45, 7) is 2.00. The van der Waals surface area contributed by atoms with E-state index in [2.05, 4.69) is 37.9 Å². The predicted octanol–water partition coefficient (Wildman–Crippen LogP) is 3.98. The highest BCUT2D eigenvalue weighted by molar-refractivity contribution is 9.28. The molecule has 0 saturated heterocycles. The van der Waals surface area contributed by atoms with Crippen molar-refractivity contribution in [2.45, 2.75) is 6.92 Å². The fourth-order valence-electron chi connectivity index (χ4n) is 1.02. The van der Waals surface area contributed by atoms with E-state index in [4.69, 9.17) is 5.26 Å². The van der Waals surface area contributed by atoms with Crippen molar-refractivity contribution in [1.29, 1.82) is 5.26 Å². The third-order valence-electron chi connectivity index (χ3n) is 1.61. The van der Waals surface area contributed by atoms with Gasteiger partial charge in [-0.25, -0.2) is 0 Å². The van der Waals surface area contributed by atoms with Crippen LogP contribution in [0.2, 0.25) is 0 Å². The van der Waals surface area contributed by atoms with Gasteiger partial charge in [-0.15, -0.1) is 0 Å². The number of aryl methyl sites for hydroxylation is 1. The quantitative estimate of drug-likeness (QED) is 0.720. The number of halogens is 2. The van der Waals surface area contributed by atoms with Gasteiger partial charge in [0.1, 0.15) is 6.07 Å². The molecule has 0 amide bonds. The molecular formula is C10H7Br2N. The maximum absolute atomic E-state index is 8.87. The molecule has 66 valence electrons. The zero-order valence-electron chi connectivity index (χ0n) is 7.01. The average molecular weight is 301 g/mol. The summed E-state index contributed by atoms with van der Waals surface area (Å²) in [7, 11) is 0. The average Bonchev–Trinajstić information content (AvgIpc) is 2.04. The van der Waals surface area contributed by atoms with Crippen molar-refractivity contribution in [3.05, 3.63) is 38.8 Å². The molecule has 0 spiro atoms. The molecule has 0 atom stereocenters. The topological polar surface area (TPSA) is 23.8 Å². The number of nitrogens with zero attached hydrogens (tertiary/aromatic N) is 1. The summed E-state index contributed by atoms with van der Waals surface area (Å²) in [5.74, 6) is 0. The van der Waals surface area contributed by atoms with Gasteiger partial charge in [0.2, 0.25) is 0 Å². The van der Waals surface area contributed by atoms with Crippen LogP contribution in [0.3, 0.4) is 0 Å². The second kappa shape index (κ2) is 4.59. The fourth-order valence-corrected chi connectivity index (χ4v) is 1.65. The predicted molar refractivity (Wildman–Crippen MR) is 61.6 cm³/mol. The molecule has 0 bridgehead atoms. The van der Waals surface area contributed by atoms with E-state index in [0.717, 1.165) is 11.1 Å². The van der Waals surface area contributed by atoms with Crippen LogP contribution >= 0.6 is 31.9 Å². The van der Waals surface area contributed by atoms with E-state index in [1.165, 1.54) is 0 Å². The number of hydrogen-bond donors (Lipinski definition) is 0. The first kappa shape index (κ1) is 10.5. The fraction of sp³-hybridized carbons (Fsp3) is 0.100. The summed E-state index contributed by atoms with van der Waals surface area (Å²) in [5.41, 5.74) is 2.68. The number of benzene rings is 1. The van der Waals surface area contributed by atoms with Crippen LogP contribution < -0.4 is 0 Å². The van der Waals surface area contributed by atoms with E-state index in [-0.39, 0.29) is 0 Å². The molecule has 1 aromatic carbocycles. The number of rotatable bonds is 1. The van der Waals surface area contributed by atoms with Crippen LogP contribution in [0.1, 0.15) is 11.1 Å². The Balaban J connectivity index is 3.24. The minimum atomic E-state index is 0.615. The molecule has 13 heavy (non-hydrogen) atoms. The van der Waals surface area contributed by atoms with Crippen LogP contribution in [0, 0.1) is 18.3 Å². The van der Waals surface area contributed by atoms with Crippen LogP contribution in [0.15, 0.2) is 27.7 Å². The first-order valence-electron chi connectivity index (χ1n) is 3.67. The summed E-state index contributed by atoms with van der Waals surface area (Å²) >= 11 is 6.47. The summed E-state index contributed by atoms with van der Waals surface area (Å²) in [4.78, 5) is 0. The second-order valence-electron chi connectivity index (χ2n) is 2.62. The van der Waals surface area contributed by atoms with Crippen LogP contribution in [0.5, 0.6) is 0 Å². The molecule has 0 saturated carbocycles. The van der Waals surface area contributed by atoms with Gasteiger partial charge < -0.3 is 0 Å². The lowest BCUT2D eigenvalue weighted by Crippen LogP contribution is -1.82. The SMILES string of the molecule is Cc1cccc(C(C#N)=C(Br)Br)c1. The molecule has 0 aliphatic rings. The van der Waals surface area contributed by atoms with Gasteiger partial charge >= 0.3 is 0 Å². The largest absolute Gasteiger partial charge is 0.192 e. The highest BCUT2D eigenvalue weighted by Gasteiger charge is 2.03. The van der Waals surface area contributed by atoms with Crippen LogP contribution in [-0.2, 0) is 0 Å². The van der Waals surface area contributed by atoms with E-state index in [9.17, 15) is 0 Å². The first-order chi connectivity index (χ1) is 6.15. The van der Waals surface area contributed by atoms with Gasteiger partial charge in [-0.1, -0.05) is 29.8 Å². The van der Waals surface area contributed by atoms with Crippen molar-refractivity contribution in [3.63, 3.8) is 0 Å². The molecule has 0 unspecified atom stereocenters. The normalized spacial score (nSPS) is 9.08. The standard InChI is InChI=1S/C10H7Br2N/c1-7-3-2-4-8(5-7)9(6-13)10(11)12/h2-5H,1H3. The third-order valence-corrected chi connectivity index (χ3v) is 2.40. The summed E-state index contributed by atoms with van der Waals surface area (Å²) in [6, 6.07) is 9.95. The van der Waals surface area contributed by atoms with E-state index < -0.39 is 0 Å². The first-order valence-corrected chi connectivity index (χ1v) is 5.26. The van der Waals surface area contributed by atoms with E-state index in [1.807, 2.05) is 31.2 Å². The maximum atomic E-state index is 8.87. The van der Waals surface area contributed by atoms with Gasteiger partial charge in [0.15, 0.2) is 0 Å². The lowest BCUT2D eigenvalue weighted by atomic mass is 10.1. The minimum Gasteiger partial charge on any atom is -0.192 e. The molecule has 3 heteroatoms. The molecule has 0 heterocycles. The number of allylic oxidation sites excluding steroid dienone is 1. The van der Waals surface area contributed by atoms with Gasteiger partial charge in [-0.05, 0) is 44.3 Å². The number of nitriles is 1.